The first-order valence-electron chi connectivity index (χ1n) is 4.01. The molecule has 1 aromatic carbocycles. The van der Waals surface area contributed by atoms with Crippen molar-refractivity contribution in [2.24, 2.45) is 0 Å². The van der Waals surface area contributed by atoms with E-state index in [9.17, 15) is 0 Å². The van der Waals surface area contributed by atoms with Gasteiger partial charge in [-0.3, -0.25) is 0 Å². The molecule has 0 saturated carbocycles. The van der Waals surface area contributed by atoms with Crippen LogP contribution in [0.1, 0.15) is 5.56 Å². The zero-order chi connectivity index (χ0) is 8.55. The fourth-order valence-electron chi connectivity index (χ4n) is 1.50. The van der Waals surface area contributed by atoms with Crippen molar-refractivity contribution >= 4 is 17.1 Å². The monoisotopic (exact) mass is 157 g/mol. The second-order valence-electron chi connectivity index (χ2n) is 2.91. The fraction of sp³-hybridized carbons (Fsp3) is 0.0909. The van der Waals surface area contributed by atoms with Gasteiger partial charge in [-0.1, -0.05) is 18.7 Å². The van der Waals surface area contributed by atoms with Gasteiger partial charge in [-0.25, -0.2) is 0 Å². The smallest absolute Gasteiger partial charge is 0.0524 e. The van der Waals surface area contributed by atoms with Crippen LogP contribution in [0.3, 0.4) is 0 Å². The number of hydrogen-bond acceptors (Lipinski definition) is 0. The Hall–Kier alpha value is -1.50. The number of benzene rings is 1. The molecule has 0 N–H and O–H groups in total. The molecular formula is C11H11N. The minimum atomic E-state index is 1.23. The first-order valence-corrected chi connectivity index (χ1v) is 4.01. The van der Waals surface area contributed by atoms with E-state index in [0.29, 0.717) is 0 Å². The van der Waals surface area contributed by atoms with Gasteiger partial charge in [0.25, 0.3) is 0 Å². The molecule has 1 nitrogen and oxygen atoms in total. The van der Waals surface area contributed by atoms with Gasteiger partial charge in [0.15, 0.2) is 0 Å². The number of hydrogen-bond donors (Lipinski definition) is 0. The van der Waals surface area contributed by atoms with Gasteiger partial charge >= 0.3 is 0 Å². The summed E-state index contributed by atoms with van der Waals surface area (Å²) in [6, 6.07) is 8.41. The van der Waals surface area contributed by atoms with Crippen LogP contribution >= 0.6 is 0 Å². The Morgan fingerprint density at radius 1 is 1.33 bits per heavy atom. The van der Waals surface area contributed by atoms with Crippen LogP contribution in [0.25, 0.3) is 17.1 Å². The molecule has 1 heterocycles. The van der Waals surface area contributed by atoms with E-state index in [-0.39, 0.29) is 0 Å². The third-order valence-electron chi connectivity index (χ3n) is 2.18. The van der Waals surface area contributed by atoms with E-state index in [2.05, 4.69) is 37.8 Å². The van der Waals surface area contributed by atoms with Crippen molar-refractivity contribution in [2.75, 3.05) is 0 Å². The molecule has 2 aromatic rings. The largest absolute Gasteiger partial charge is 0.324 e. The van der Waals surface area contributed by atoms with Crippen LogP contribution < -0.4 is 0 Å². The summed E-state index contributed by atoms with van der Waals surface area (Å²) in [5.74, 6) is 0. The minimum Gasteiger partial charge on any atom is -0.324 e. The van der Waals surface area contributed by atoms with Gasteiger partial charge < -0.3 is 4.57 Å². The van der Waals surface area contributed by atoms with Gasteiger partial charge in [0, 0.05) is 17.8 Å². The molecule has 0 bridgehead atoms. The number of aryl methyl sites for hydroxylation is 1. The lowest BCUT2D eigenvalue weighted by atomic mass is 10.1. The molecule has 0 spiro atoms. The standard InChI is InChI=1S/C11H11N/c1-3-12-8-7-10-9(2)5-4-6-11(10)12/h3-8H,1H2,2H3. The molecule has 12 heavy (non-hydrogen) atoms. The summed E-state index contributed by atoms with van der Waals surface area (Å²) in [5, 5.41) is 1.30. The molecule has 0 saturated heterocycles. The maximum atomic E-state index is 3.75. The van der Waals surface area contributed by atoms with Crippen LogP contribution in [0.15, 0.2) is 37.0 Å². The second-order valence-corrected chi connectivity index (χ2v) is 2.91. The molecule has 60 valence electrons. The Labute approximate surface area is 71.9 Å². The molecule has 0 atom stereocenters. The minimum absolute atomic E-state index is 1.23. The summed E-state index contributed by atoms with van der Waals surface area (Å²) < 4.78 is 2.03. The maximum absolute atomic E-state index is 3.75. The zero-order valence-corrected chi connectivity index (χ0v) is 7.12. The van der Waals surface area contributed by atoms with Crippen LogP contribution in [0.5, 0.6) is 0 Å². The molecule has 2 rings (SSSR count). The van der Waals surface area contributed by atoms with Gasteiger partial charge in [0.2, 0.25) is 0 Å². The quantitative estimate of drug-likeness (QED) is 0.599. The molecule has 0 fully saturated rings. The van der Waals surface area contributed by atoms with Gasteiger partial charge in [-0.15, -0.1) is 0 Å². The highest BCUT2D eigenvalue weighted by Gasteiger charge is 1.98. The predicted molar refractivity (Wildman–Crippen MR) is 53.1 cm³/mol. The summed E-state index contributed by atoms with van der Waals surface area (Å²) in [6.07, 6.45) is 3.85. The Bertz CT molecular complexity index is 423. The van der Waals surface area contributed by atoms with Crippen molar-refractivity contribution in [3.63, 3.8) is 0 Å². The normalized spacial score (nSPS) is 10.4. The molecule has 0 aliphatic carbocycles. The topological polar surface area (TPSA) is 4.93 Å². The predicted octanol–water partition coefficient (Wildman–Crippen LogP) is 3.05. The zero-order valence-electron chi connectivity index (χ0n) is 7.12. The first kappa shape index (κ1) is 7.17. The summed E-state index contributed by atoms with van der Waals surface area (Å²) in [4.78, 5) is 0. The summed E-state index contributed by atoms with van der Waals surface area (Å²) >= 11 is 0. The third-order valence-corrected chi connectivity index (χ3v) is 2.18. The van der Waals surface area contributed by atoms with E-state index in [0.717, 1.165) is 0 Å². The molecule has 0 aliphatic heterocycles. The summed E-state index contributed by atoms with van der Waals surface area (Å²) in [5.41, 5.74) is 2.54. The number of nitrogens with zero attached hydrogens (tertiary/aromatic N) is 1. The molecule has 1 heteroatoms. The number of aromatic nitrogens is 1. The summed E-state index contributed by atoms with van der Waals surface area (Å²) in [7, 11) is 0. The van der Waals surface area contributed by atoms with Crippen molar-refractivity contribution in [1.29, 1.82) is 0 Å². The lowest BCUT2D eigenvalue weighted by Crippen LogP contribution is -1.81. The highest BCUT2D eigenvalue weighted by atomic mass is 14.9. The highest BCUT2D eigenvalue weighted by Crippen LogP contribution is 2.19. The van der Waals surface area contributed by atoms with Crippen molar-refractivity contribution < 1.29 is 0 Å². The average Bonchev–Trinajstić information content (AvgIpc) is 2.49. The van der Waals surface area contributed by atoms with Crippen LogP contribution in [-0.4, -0.2) is 4.57 Å². The molecular weight excluding hydrogens is 146 g/mol. The first-order chi connectivity index (χ1) is 5.83. The summed E-state index contributed by atoms with van der Waals surface area (Å²) in [6.45, 7) is 5.87. The van der Waals surface area contributed by atoms with Crippen LogP contribution in [-0.2, 0) is 0 Å². The van der Waals surface area contributed by atoms with E-state index in [4.69, 9.17) is 0 Å². The average molecular weight is 157 g/mol. The van der Waals surface area contributed by atoms with Crippen LogP contribution in [0.2, 0.25) is 0 Å². The molecule has 0 aliphatic rings. The van der Waals surface area contributed by atoms with E-state index in [1.165, 1.54) is 16.5 Å². The van der Waals surface area contributed by atoms with Crippen molar-refractivity contribution in [1.82, 2.24) is 4.57 Å². The van der Waals surface area contributed by atoms with Crippen molar-refractivity contribution in [3.8, 4) is 0 Å². The lowest BCUT2D eigenvalue weighted by molar-refractivity contribution is 1.23. The van der Waals surface area contributed by atoms with E-state index >= 15 is 0 Å². The molecule has 0 unspecified atom stereocenters. The second kappa shape index (κ2) is 2.52. The fourth-order valence-corrected chi connectivity index (χ4v) is 1.50. The SMILES string of the molecule is C=Cn1ccc2c(C)cccc21. The van der Waals surface area contributed by atoms with Crippen LogP contribution in [0.4, 0.5) is 0 Å². The Morgan fingerprint density at radius 2 is 2.17 bits per heavy atom. The van der Waals surface area contributed by atoms with E-state index < -0.39 is 0 Å². The molecule has 0 amide bonds. The maximum Gasteiger partial charge on any atom is 0.0524 e. The third kappa shape index (κ3) is 0.866. The Balaban J connectivity index is 2.88. The van der Waals surface area contributed by atoms with Gasteiger partial charge in [-0.2, -0.15) is 0 Å². The molecule has 0 radical (unpaired) electrons. The molecule has 1 aromatic heterocycles. The van der Waals surface area contributed by atoms with Gasteiger partial charge in [0.05, 0.1) is 5.52 Å². The highest BCUT2D eigenvalue weighted by molar-refractivity contribution is 5.84. The number of rotatable bonds is 1. The Kier molecular flexibility index (Phi) is 1.51. The number of fused-ring (bicyclic) bond motifs is 1. The van der Waals surface area contributed by atoms with Crippen LogP contribution in [0, 0.1) is 6.92 Å². The van der Waals surface area contributed by atoms with Gasteiger partial charge in [-0.05, 0) is 24.6 Å². The van der Waals surface area contributed by atoms with E-state index in [1.807, 2.05) is 17.0 Å². The van der Waals surface area contributed by atoms with E-state index in [1.54, 1.807) is 0 Å². The van der Waals surface area contributed by atoms with Gasteiger partial charge in [0.1, 0.15) is 0 Å². The Morgan fingerprint density at radius 3 is 2.92 bits per heavy atom. The lowest BCUT2D eigenvalue weighted by Gasteiger charge is -1.97. The van der Waals surface area contributed by atoms with Crippen molar-refractivity contribution in [2.45, 2.75) is 6.92 Å². The van der Waals surface area contributed by atoms with Crippen molar-refractivity contribution in [3.05, 3.63) is 42.6 Å².